The number of allylic oxidation sites excluding steroid dienone is 1. The predicted molar refractivity (Wildman–Crippen MR) is 78.0 cm³/mol. The van der Waals surface area contributed by atoms with Gasteiger partial charge in [-0.25, -0.2) is 0 Å². The zero-order valence-corrected chi connectivity index (χ0v) is 13.3. The molecule has 5 nitrogen and oxygen atoms in total. The maximum absolute atomic E-state index is 12.6. The van der Waals surface area contributed by atoms with Gasteiger partial charge in [-0.15, -0.1) is 0 Å². The Morgan fingerprint density at radius 2 is 1.91 bits per heavy atom. The Balaban J connectivity index is 2.10. The summed E-state index contributed by atoms with van der Waals surface area (Å²) in [6.07, 6.45) is 2.20. The van der Waals surface area contributed by atoms with Crippen LogP contribution in [0.3, 0.4) is 0 Å². The number of esters is 1. The molecular weight excluding hydrogens is 284 g/mol. The number of hydrogen-bond acceptors (Lipinski definition) is 4. The minimum absolute atomic E-state index is 0.0123. The molecule has 120 valence electrons. The lowest BCUT2D eigenvalue weighted by atomic mass is 9.49. The largest absolute Gasteiger partial charge is 0.481 e. The number of hydrogen-bond donors (Lipinski definition) is 1. The predicted octanol–water partition coefficient (Wildman–Crippen LogP) is 2.49. The molecule has 0 aromatic carbocycles. The van der Waals surface area contributed by atoms with Crippen LogP contribution in [0.1, 0.15) is 52.9 Å². The van der Waals surface area contributed by atoms with Crippen molar-refractivity contribution in [1.29, 1.82) is 0 Å². The molecule has 3 rings (SSSR count). The van der Waals surface area contributed by atoms with Crippen LogP contribution in [-0.2, 0) is 19.1 Å². The van der Waals surface area contributed by atoms with Gasteiger partial charge in [0.1, 0.15) is 0 Å². The van der Waals surface area contributed by atoms with E-state index in [4.69, 9.17) is 9.84 Å². The number of ether oxygens (including phenoxy) is 1. The summed E-state index contributed by atoms with van der Waals surface area (Å²) in [5.41, 5.74) is 0.578. The number of carbonyl (C=O) groups excluding carboxylic acids is 2. The summed E-state index contributed by atoms with van der Waals surface area (Å²) in [6, 6.07) is 0. The van der Waals surface area contributed by atoms with E-state index in [-0.39, 0.29) is 29.5 Å². The highest BCUT2D eigenvalue weighted by Gasteiger charge is 2.66. The van der Waals surface area contributed by atoms with Gasteiger partial charge in [-0.2, -0.15) is 0 Å². The topological polar surface area (TPSA) is 80.7 Å². The van der Waals surface area contributed by atoms with Gasteiger partial charge >= 0.3 is 11.9 Å². The average Bonchev–Trinajstić information content (AvgIpc) is 2.70. The third-order valence-electron chi connectivity index (χ3n) is 6.13. The summed E-state index contributed by atoms with van der Waals surface area (Å²) in [5, 5.41) is 9.00. The lowest BCUT2D eigenvalue weighted by Gasteiger charge is -2.51. The van der Waals surface area contributed by atoms with Gasteiger partial charge in [0.25, 0.3) is 0 Å². The molecule has 0 bridgehead atoms. The number of carboxylic acid groups (broad SMARTS) is 1. The molecule has 5 heteroatoms. The molecule has 1 saturated carbocycles. The number of aliphatic carboxylic acids is 1. The van der Waals surface area contributed by atoms with E-state index in [2.05, 4.69) is 6.92 Å². The first-order valence-corrected chi connectivity index (χ1v) is 7.89. The van der Waals surface area contributed by atoms with Gasteiger partial charge < -0.3 is 9.84 Å². The fraction of sp³-hybridized carbons (Fsp3) is 0.706. The fourth-order valence-electron chi connectivity index (χ4n) is 5.09. The number of rotatable bonds is 3. The second-order valence-corrected chi connectivity index (χ2v) is 7.35. The van der Waals surface area contributed by atoms with Crippen LogP contribution in [0.2, 0.25) is 0 Å². The summed E-state index contributed by atoms with van der Waals surface area (Å²) in [4.78, 5) is 36.0. The molecule has 1 heterocycles. The number of Topliss-reactive ketones (excluding diaryl/α,β-unsaturated/α-hetero) is 1. The Morgan fingerprint density at radius 1 is 1.27 bits per heavy atom. The van der Waals surface area contributed by atoms with E-state index in [1.165, 1.54) is 0 Å². The van der Waals surface area contributed by atoms with Crippen molar-refractivity contribution in [2.24, 2.45) is 16.7 Å². The number of carboxylic acids is 1. The lowest BCUT2D eigenvalue weighted by Crippen LogP contribution is -2.52. The van der Waals surface area contributed by atoms with E-state index in [0.717, 1.165) is 24.8 Å². The van der Waals surface area contributed by atoms with Crippen LogP contribution in [0.25, 0.3) is 0 Å². The smallest absolute Gasteiger partial charge is 0.313 e. The molecule has 2 aliphatic carbocycles. The van der Waals surface area contributed by atoms with Crippen LogP contribution in [-0.4, -0.2) is 28.9 Å². The highest BCUT2D eigenvalue weighted by molar-refractivity contribution is 6.04. The Bertz CT molecular complexity index is 604. The normalized spacial score (nSPS) is 40.5. The molecule has 0 aromatic heterocycles. The highest BCUT2D eigenvalue weighted by Crippen LogP contribution is 2.63. The molecular formula is C17H22O5. The van der Waals surface area contributed by atoms with Crippen molar-refractivity contribution in [3.63, 3.8) is 0 Å². The maximum Gasteiger partial charge on any atom is 0.313 e. The third kappa shape index (κ3) is 1.80. The highest BCUT2D eigenvalue weighted by atomic mass is 16.6. The quantitative estimate of drug-likeness (QED) is 0.810. The van der Waals surface area contributed by atoms with Gasteiger partial charge in [0.2, 0.25) is 0 Å². The molecule has 4 atom stereocenters. The summed E-state index contributed by atoms with van der Waals surface area (Å²) >= 11 is 0. The van der Waals surface area contributed by atoms with Crippen molar-refractivity contribution in [2.75, 3.05) is 0 Å². The van der Waals surface area contributed by atoms with Crippen molar-refractivity contribution < 1.29 is 24.2 Å². The van der Waals surface area contributed by atoms with E-state index < -0.39 is 17.5 Å². The minimum atomic E-state index is -0.865. The summed E-state index contributed by atoms with van der Waals surface area (Å²) in [5.74, 6) is -1.44. The van der Waals surface area contributed by atoms with Crippen LogP contribution in [0.5, 0.6) is 0 Å². The van der Waals surface area contributed by atoms with Crippen LogP contribution in [0.15, 0.2) is 11.1 Å². The Morgan fingerprint density at radius 3 is 2.55 bits per heavy atom. The third-order valence-corrected chi connectivity index (χ3v) is 6.13. The zero-order chi connectivity index (χ0) is 16.3. The summed E-state index contributed by atoms with van der Waals surface area (Å²) in [7, 11) is 0. The molecule has 0 amide bonds. The van der Waals surface area contributed by atoms with Crippen molar-refractivity contribution >= 4 is 17.7 Å². The summed E-state index contributed by atoms with van der Waals surface area (Å²) < 4.78 is 5.47. The molecule has 22 heavy (non-hydrogen) atoms. The number of ketones is 1. The van der Waals surface area contributed by atoms with Gasteiger partial charge in [0.15, 0.2) is 11.9 Å². The van der Waals surface area contributed by atoms with Crippen molar-refractivity contribution in [2.45, 2.75) is 59.0 Å². The van der Waals surface area contributed by atoms with Crippen LogP contribution < -0.4 is 0 Å². The SMILES string of the molecule is CC1=C(CCC(=O)O)[C@@]2(C)CCC[C@]3(C)C(=O)OC(C1=O)[C@@H]32. The molecule has 0 radical (unpaired) electrons. The first-order valence-electron chi connectivity index (χ1n) is 7.89. The second kappa shape index (κ2) is 4.67. The van der Waals surface area contributed by atoms with E-state index in [0.29, 0.717) is 12.0 Å². The van der Waals surface area contributed by atoms with E-state index in [1.807, 2.05) is 6.92 Å². The standard InChI is InChI=1S/C17H22O5/c1-9-10(5-6-11(18)19)16(2)7-4-8-17(3)14(16)13(12(9)20)22-15(17)21/h13-14H,4-8H2,1-3H3,(H,18,19)/t13?,14-,16-,17+/m1/s1. The average molecular weight is 306 g/mol. The zero-order valence-electron chi connectivity index (χ0n) is 13.3. The van der Waals surface area contributed by atoms with Gasteiger partial charge in [0, 0.05) is 12.3 Å². The Kier molecular flexibility index (Phi) is 3.24. The maximum atomic E-state index is 12.6. The van der Waals surface area contributed by atoms with Crippen molar-refractivity contribution in [1.82, 2.24) is 0 Å². The molecule has 1 N–H and O–H groups in total. The second-order valence-electron chi connectivity index (χ2n) is 7.35. The summed E-state index contributed by atoms with van der Waals surface area (Å²) in [6.45, 7) is 5.73. The molecule has 1 unspecified atom stereocenters. The monoisotopic (exact) mass is 306 g/mol. The lowest BCUT2D eigenvalue weighted by molar-refractivity contribution is -0.151. The van der Waals surface area contributed by atoms with Gasteiger partial charge in [0.05, 0.1) is 5.41 Å². The molecule has 0 aromatic rings. The Hall–Kier alpha value is -1.65. The first kappa shape index (κ1) is 15.3. The van der Waals surface area contributed by atoms with E-state index in [9.17, 15) is 14.4 Å². The van der Waals surface area contributed by atoms with Crippen LogP contribution in [0.4, 0.5) is 0 Å². The van der Waals surface area contributed by atoms with Crippen LogP contribution >= 0.6 is 0 Å². The molecule has 1 aliphatic heterocycles. The van der Waals surface area contributed by atoms with Gasteiger partial charge in [-0.05, 0) is 44.1 Å². The first-order chi connectivity index (χ1) is 10.2. The molecule has 3 aliphatic rings. The number of carbonyl (C=O) groups is 3. The Labute approximate surface area is 129 Å². The minimum Gasteiger partial charge on any atom is -0.481 e. The molecule has 1 saturated heterocycles. The van der Waals surface area contributed by atoms with Crippen molar-refractivity contribution in [3.8, 4) is 0 Å². The van der Waals surface area contributed by atoms with Gasteiger partial charge in [-0.3, -0.25) is 14.4 Å². The molecule has 0 spiro atoms. The van der Waals surface area contributed by atoms with Gasteiger partial charge in [-0.1, -0.05) is 18.9 Å². The van der Waals surface area contributed by atoms with E-state index in [1.54, 1.807) is 6.92 Å². The molecule has 2 fully saturated rings. The fourth-order valence-corrected chi connectivity index (χ4v) is 5.09. The van der Waals surface area contributed by atoms with E-state index >= 15 is 0 Å². The van der Waals surface area contributed by atoms with Crippen molar-refractivity contribution in [3.05, 3.63) is 11.1 Å². The van der Waals surface area contributed by atoms with Crippen LogP contribution in [0, 0.1) is 16.7 Å².